The number of piperidine rings is 1. The molecular weight excluding hydrogens is 280 g/mol. The number of hydrogen-bond donors (Lipinski definition) is 0. The van der Waals surface area contributed by atoms with Crippen molar-refractivity contribution in [3.05, 3.63) is 35.7 Å². The van der Waals surface area contributed by atoms with Gasteiger partial charge in [0.25, 0.3) is 5.91 Å². The average molecular weight is 302 g/mol. The molecule has 1 amide bonds. The van der Waals surface area contributed by atoms with E-state index >= 15 is 0 Å². The third kappa shape index (κ3) is 2.77. The molecule has 0 unspecified atom stereocenters. The van der Waals surface area contributed by atoms with E-state index in [1.165, 1.54) is 0 Å². The van der Waals surface area contributed by atoms with Crippen LogP contribution in [0.2, 0.25) is 0 Å². The lowest BCUT2D eigenvalue weighted by Crippen LogP contribution is -2.41. The molecular formula is C16H22N4O2. The molecule has 0 saturated carbocycles. The van der Waals surface area contributed by atoms with Gasteiger partial charge in [-0.25, -0.2) is 4.98 Å². The summed E-state index contributed by atoms with van der Waals surface area (Å²) in [6, 6.07) is 1.98. The first-order valence-electron chi connectivity index (χ1n) is 7.81. The molecule has 1 aliphatic rings. The molecule has 1 fully saturated rings. The van der Waals surface area contributed by atoms with Crippen LogP contribution in [0.1, 0.15) is 60.7 Å². The quantitative estimate of drug-likeness (QED) is 0.874. The zero-order valence-electron chi connectivity index (χ0n) is 13.3. The summed E-state index contributed by atoms with van der Waals surface area (Å²) in [5, 5.41) is 3.84. The van der Waals surface area contributed by atoms with Crippen LogP contribution in [0.4, 0.5) is 0 Å². The Balaban J connectivity index is 1.77. The minimum atomic E-state index is -0.0484. The molecule has 2 aromatic rings. The Labute approximate surface area is 130 Å². The molecule has 6 nitrogen and oxygen atoms in total. The summed E-state index contributed by atoms with van der Waals surface area (Å²) >= 11 is 0. The summed E-state index contributed by atoms with van der Waals surface area (Å²) in [7, 11) is 0. The molecule has 0 bridgehead atoms. The van der Waals surface area contributed by atoms with E-state index in [1.807, 2.05) is 17.3 Å². The van der Waals surface area contributed by atoms with Crippen molar-refractivity contribution in [2.24, 2.45) is 0 Å². The highest BCUT2D eigenvalue weighted by Crippen LogP contribution is 2.26. The Morgan fingerprint density at radius 1 is 1.45 bits per heavy atom. The van der Waals surface area contributed by atoms with Crippen LogP contribution in [-0.2, 0) is 0 Å². The number of amides is 1. The van der Waals surface area contributed by atoms with Gasteiger partial charge in [-0.05, 0) is 19.8 Å². The van der Waals surface area contributed by atoms with Gasteiger partial charge >= 0.3 is 0 Å². The summed E-state index contributed by atoms with van der Waals surface area (Å²) in [5.41, 5.74) is 0.396. The van der Waals surface area contributed by atoms with Gasteiger partial charge in [0, 0.05) is 37.5 Å². The van der Waals surface area contributed by atoms with Crippen molar-refractivity contribution in [2.45, 2.75) is 45.6 Å². The standard InChI is InChI=1S/C16H22N4O2/c1-11(2)15-17-6-8-20(15)13-5-4-7-19(10-13)16(21)14-9-12(3)22-18-14/h6,8-9,11,13H,4-5,7,10H2,1-3H3/t13-/m1/s1. The van der Waals surface area contributed by atoms with Crippen molar-refractivity contribution < 1.29 is 9.32 Å². The van der Waals surface area contributed by atoms with Crippen LogP contribution in [-0.4, -0.2) is 38.6 Å². The number of likely N-dealkylation sites (tertiary alicyclic amines) is 1. The minimum Gasteiger partial charge on any atom is -0.361 e. The van der Waals surface area contributed by atoms with E-state index in [-0.39, 0.29) is 11.9 Å². The van der Waals surface area contributed by atoms with Crippen molar-refractivity contribution >= 4 is 5.91 Å². The molecule has 6 heteroatoms. The molecule has 2 aromatic heterocycles. The van der Waals surface area contributed by atoms with Crippen LogP contribution in [0.25, 0.3) is 0 Å². The van der Waals surface area contributed by atoms with Gasteiger partial charge in [0.05, 0.1) is 6.04 Å². The number of rotatable bonds is 3. The zero-order chi connectivity index (χ0) is 15.7. The van der Waals surface area contributed by atoms with E-state index in [2.05, 4.69) is 28.6 Å². The molecule has 0 aliphatic carbocycles. The van der Waals surface area contributed by atoms with E-state index in [1.54, 1.807) is 13.0 Å². The van der Waals surface area contributed by atoms with Crippen LogP contribution in [0, 0.1) is 6.92 Å². The van der Waals surface area contributed by atoms with Crippen LogP contribution < -0.4 is 0 Å². The van der Waals surface area contributed by atoms with E-state index in [9.17, 15) is 4.79 Å². The number of carbonyl (C=O) groups excluding carboxylic acids is 1. The third-order valence-electron chi connectivity index (χ3n) is 4.14. The molecule has 1 saturated heterocycles. The Morgan fingerprint density at radius 3 is 2.95 bits per heavy atom. The molecule has 3 heterocycles. The third-order valence-corrected chi connectivity index (χ3v) is 4.14. The van der Waals surface area contributed by atoms with Crippen molar-refractivity contribution in [1.82, 2.24) is 19.6 Å². The van der Waals surface area contributed by atoms with E-state index < -0.39 is 0 Å². The van der Waals surface area contributed by atoms with Gasteiger partial charge in [0.15, 0.2) is 5.69 Å². The monoisotopic (exact) mass is 302 g/mol. The Kier molecular flexibility index (Phi) is 4.00. The molecule has 22 heavy (non-hydrogen) atoms. The predicted octanol–water partition coefficient (Wildman–Crippen LogP) is 2.78. The van der Waals surface area contributed by atoms with Crippen LogP contribution in [0.5, 0.6) is 0 Å². The van der Waals surface area contributed by atoms with Gasteiger partial charge in [-0.15, -0.1) is 0 Å². The number of carbonyl (C=O) groups is 1. The fourth-order valence-electron chi connectivity index (χ4n) is 3.08. The molecule has 0 radical (unpaired) electrons. The summed E-state index contributed by atoms with van der Waals surface area (Å²) in [6.07, 6.45) is 5.92. The first kappa shape index (κ1) is 14.8. The molecule has 0 aromatic carbocycles. The lowest BCUT2D eigenvalue weighted by atomic mass is 10.0. The van der Waals surface area contributed by atoms with Crippen molar-refractivity contribution in [2.75, 3.05) is 13.1 Å². The number of imidazole rings is 1. The number of hydrogen-bond acceptors (Lipinski definition) is 4. The second kappa shape index (κ2) is 5.94. The van der Waals surface area contributed by atoms with Gasteiger partial charge in [0.2, 0.25) is 0 Å². The Morgan fingerprint density at radius 2 is 2.27 bits per heavy atom. The maximum Gasteiger partial charge on any atom is 0.276 e. The summed E-state index contributed by atoms with van der Waals surface area (Å²) in [6.45, 7) is 7.54. The fourth-order valence-corrected chi connectivity index (χ4v) is 3.08. The smallest absolute Gasteiger partial charge is 0.276 e. The molecule has 1 aliphatic heterocycles. The molecule has 118 valence electrons. The highest BCUT2D eigenvalue weighted by Gasteiger charge is 2.28. The van der Waals surface area contributed by atoms with Gasteiger partial charge in [0.1, 0.15) is 11.6 Å². The summed E-state index contributed by atoms with van der Waals surface area (Å²) < 4.78 is 7.23. The second-order valence-electron chi connectivity index (χ2n) is 6.22. The molecule has 0 spiro atoms. The highest BCUT2D eigenvalue weighted by atomic mass is 16.5. The highest BCUT2D eigenvalue weighted by molar-refractivity contribution is 5.92. The van der Waals surface area contributed by atoms with Gasteiger partial charge in [-0.2, -0.15) is 0 Å². The number of aromatic nitrogens is 3. The number of nitrogens with zero attached hydrogens (tertiary/aromatic N) is 4. The second-order valence-corrected chi connectivity index (χ2v) is 6.22. The Hall–Kier alpha value is -2.11. The average Bonchev–Trinajstić information content (AvgIpc) is 3.15. The molecule has 1 atom stereocenters. The molecule has 3 rings (SSSR count). The van der Waals surface area contributed by atoms with Crippen molar-refractivity contribution in [1.29, 1.82) is 0 Å². The summed E-state index contributed by atoms with van der Waals surface area (Å²) in [5.74, 6) is 2.07. The van der Waals surface area contributed by atoms with E-state index in [0.29, 0.717) is 23.9 Å². The van der Waals surface area contributed by atoms with Crippen LogP contribution >= 0.6 is 0 Å². The normalized spacial score (nSPS) is 18.9. The lowest BCUT2D eigenvalue weighted by Gasteiger charge is -2.34. The zero-order valence-corrected chi connectivity index (χ0v) is 13.3. The minimum absolute atomic E-state index is 0.0484. The van der Waals surface area contributed by atoms with E-state index in [4.69, 9.17) is 4.52 Å². The van der Waals surface area contributed by atoms with E-state index in [0.717, 1.165) is 25.2 Å². The van der Waals surface area contributed by atoms with Gasteiger partial charge in [-0.1, -0.05) is 19.0 Å². The van der Waals surface area contributed by atoms with Crippen molar-refractivity contribution in [3.8, 4) is 0 Å². The molecule has 0 N–H and O–H groups in total. The van der Waals surface area contributed by atoms with Gasteiger partial charge in [-0.3, -0.25) is 4.79 Å². The Bertz CT molecular complexity index is 659. The predicted molar refractivity (Wildman–Crippen MR) is 81.7 cm³/mol. The maximum absolute atomic E-state index is 12.5. The van der Waals surface area contributed by atoms with Crippen LogP contribution in [0.3, 0.4) is 0 Å². The van der Waals surface area contributed by atoms with Crippen LogP contribution in [0.15, 0.2) is 23.0 Å². The topological polar surface area (TPSA) is 64.2 Å². The SMILES string of the molecule is Cc1cc(C(=O)N2CCC[C@@H](n3ccnc3C(C)C)C2)no1. The first-order valence-corrected chi connectivity index (χ1v) is 7.81. The van der Waals surface area contributed by atoms with Gasteiger partial charge < -0.3 is 14.0 Å². The lowest BCUT2D eigenvalue weighted by molar-refractivity contribution is 0.0667. The fraction of sp³-hybridized carbons (Fsp3) is 0.562. The largest absolute Gasteiger partial charge is 0.361 e. The maximum atomic E-state index is 12.5. The summed E-state index contributed by atoms with van der Waals surface area (Å²) in [4.78, 5) is 18.9. The first-order chi connectivity index (χ1) is 10.6. The number of aryl methyl sites for hydroxylation is 1. The van der Waals surface area contributed by atoms with Crippen molar-refractivity contribution in [3.63, 3.8) is 0 Å².